The Balaban J connectivity index is 2.09. The summed E-state index contributed by atoms with van der Waals surface area (Å²) in [5.74, 6) is -0.0708. The first-order valence-corrected chi connectivity index (χ1v) is 7.76. The van der Waals surface area contributed by atoms with Crippen LogP contribution in [0.25, 0.3) is 0 Å². The van der Waals surface area contributed by atoms with Gasteiger partial charge in [-0.15, -0.1) is 0 Å². The molecule has 0 aliphatic heterocycles. The number of halogens is 1. The molecule has 0 aromatic heterocycles. The van der Waals surface area contributed by atoms with Gasteiger partial charge >= 0.3 is 0 Å². The summed E-state index contributed by atoms with van der Waals surface area (Å²) >= 11 is 7.91. The van der Waals surface area contributed by atoms with E-state index in [2.05, 4.69) is 16.7 Å². The number of anilines is 1. The van der Waals surface area contributed by atoms with E-state index in [1.165, 1.54) is 6.92 Å². The molecule has 0 heterocycles. The van der Waals surface area contributed by atoms with Crippen LogP contribution in [0.3, 0.4) is 0 Å². The highest BCUT2D eigenvalue weighted by Gasteiger charge is 2.05. The van der Waals surface area contributed by atoms with Crippen LogP contribution in [-0.2, 0) is 11.3 Å². The number of nitrogens with one attached hydrogen (secondary N) is 2. The number of carbonyl (C=O) groups is 1. The molecule has 0 aliphatic rings. The fourth-order valence-corrected chi connectivity index (χ4v) is 3.02. The van der Waals surface area contributed by atoms with Crippen LogP contribution in [0.2, 0.25) is 5.02 Å². The molecule has 2 N–H and O–H groups in total. The normalized spacial score (nSPS) is 10.4. The summed E-state index contributed by atoms with van der Waals surface area (Å²) in [7, 11) is 1.91. The Bertz CT molecular complexity index is 629. The van der Waals surface area contributed by atoms with Crippen LogP contribution in [0, 0.1) is 0 Å². The lowest BCUT2D eigenvalue weighted by Gasteiger charge is -2.08. The fraction of sp³-hybridized carbons (Fsp3) is 0.188. The van der Waals surface area contributed by atoms with E-state index in [0.717, 1.165) is 32.6 Å². The molecule has 0 radical (unpaired) electrons. The van der Waals surface area contributed by atoms with Crippen LogP contribution in [-0.4, -0.2) is 13.0 Å². The maximum atomic E-state index is 11.0. The molecular formula is C16H17ClN2OS. The van der Waals surface area contributed by atoms with Gasteiger partial charge in [-0.25, -0.2) is 0 Å². The van der Waals surface area contributed by atoms with Gasteiger partial charge in [-0.2, -0.15) is 0 Å². The van der Waals surface area contributed by atoms with Gasteiger partial charge < -0.3 is 10.6 Å². The Morgan fingerprint density at radius 3 is 2.48 bits per heavy atom. The first-order chi connectivity index (χ1) is 10.1. The van der Waals surface area contributed by atoms with Crippen molar-refractivity contribution in [2.24, 2.45) is 0 Å². The summed E-state index contributed by atoms with van der Waals surface area (Å²) in [6.07, 6.45) is 0. The first kappa shape index (κ1) is 15.9. The molecule has 0 bridgehead atoms. The van der Waals surface area contributed by atoms with Crippen molar-refractivity contribution in [3.8, 4) is 0 Å². The molecule has 21 heavy (non-hydrogen) atoms. The third-order valence-corrected chi connectivity index (χ3v) is 4.29. The summed E-state index contributed by atoms with van der Waals surface area (Å²) in [5.41, 5.74) is 1.95. The van der Waals surface area contributed by atoms with Crippen molar-refractivity contribution in [3.63, 3.8) is 0 Å². The summed E-state index contributed by atoms with van der Waals surface area (Å²) in [6.45, 7) is 2.30. The van der Waals surface area contributed by atoms with Gasteiger partial charge in [0, 0.05) is 28.9 Å². The zero-order valence-corrected chi connectivity index (χ0v) is 13.5. The van der Waals surface area contributed by atoms with Crippen molar-refractivity contribution in [3.05, 3.63) is 53.1 Å². The van der Waals surface area contributed by atoms with Crippen LogP contribution in [0.1, 0.15) is 12.5 Å². The second-order valence-corrected chi connectivity index (χ2v) is 6.13. The van der Waals surface area contributed by atoms with Crippen molar-refractivity contribution in [1.82, 2.24) is 5.32 Å². The lowest BCUT2D eigenvalue weighted by Crippen LogP contribution is -2.05. The average Bonchev–Trinajstić information content (AvgIpc) is 2.44. The molecule has 0 unspecified atom stereocenters. The van der Waals surface area contributed by atoms with Gasteiger partial charge in [0.25, 0.3) is 0 Å². The van der Waals surface area contributed by atoms with E-state index in [4.69, 9.17) is 11.6 Å². The maximum absolute atomic E-state index is 11.0. The third-order valence-electron chi connectivity index (χ3n) is 2.78. The fourth-order valence-electron chi connectivity index (χ4n) is 1.88. The largest absolute Gasteiger partial charge is 0.326 e. The van der Waals surface area contributed by atoms with Gasteiger partial charge in [-0.3, -0.25) is 4.79 Å². The molecule has 1 amide bonds. The molecule has 0 saturated heterocycles. The summed E-state index contributed by atoms with van der Waals surface area (Å²) in [5, 5.41) is 6.60. The SMILES string of the molecule is CNCc1ccc(Sc2ccc(NC(C)=O)cc2)c(Cl)c1. The molecule has 110 valence electrons. The van der Waals surface area contributed by atoms with Gasteiger partial charge in [0.1, 0.15) is 0 Å². The second kappa shape index (κ2) is 7.50. The van der Waals surface area contributed by atoms with Crippen molar-refractivity contribution >= 4 is 35.0 Å². The average molecular weight is 321 g/mol. The van der Waals surface area contributed by atoms with E-state index >= 15 is 0 Å². The van der Waals surface area contributed by atoms with Gasteiger partial charge in [0.05, 0.1) is 5.02 Å². The molecule has 0 spiro atoms. The van der Waals surface area contributed by atoms with E-state index in [1.54, 1.807) is 11.8 Å². The van der Waals surface area contributed by atoms with Crippen molar-refractivity contribution in [2.75, 3.05) is 12.4 Å². The van der Waals surface area contributed by atoms with Crippen LogP contribution >= 0.6 is 23.4 Å². The zero-order valence-electron chi connectivity index (χ0n) is 11.9. The van der Waals surface area contributed by atoms with Crippen molar-refractivity contribution in [1.29, 1.82) is 0 Å². The van der Waals surface area contributed by atoms with Gasteiger partial charge in [-0.1, -0.05) is 29.4 Å². The monoisotopic (exact) mass is 320 g/mol. The zero-order chi connectivity index (χ0) is 15.2. The molecule has 5 heteroatoms. The number of benzene rings is 2. The quantitative estimate of drug-likeness (QED) is 0.868. The molecule has 0 fully saturated rings. The molecule has 0 saturated carbocycles. The van der Waals surface area contributed by atoms with Crippen molar-refractivity contribution < 1.29 is 4.79 Å². The summed E-state index contributed by atoms with van der Waals surface area (Å²) < 4.78 is 0. The number of carbonyl (C=O) groups excluding carboxylic acids is 1. The molecule has 2 rings (SSSR count). The smallest absolute Gasteiger partial charge is 0.221 e. The van der Waals surface area contributed by atoms with Crippen LogP contribution < -0.4 is 10.6 Å². The van der Waals surface area contributed by atoms with E-state index in [1.807, 2.05) is 43.4 Å². The Morgan fingerprint density at radius 1 is 1.19 bits per heavy atom. The second-order valence-electron chi connectivity index (χ2n) is 4.60. The minimum Gasteiger partial charge on any atom is -0.326 e. The molecule has 3 nitrogen and oxygen atoms in total. The van der Waals surface area contributed by atoms with Gasteiger partial charge in [0.15, 0.2) is 0 Å². The molecular weight excluding hydrogens is 304 g/mol. The summed E-state index contributed by atoms with van der Waals surface area (Å²) in [6, 6.07) is 13.8. The van der Waals surface area contributed by atoms with Crippen molar-refractivity contribution in [2.45, 2.75) is 23.3 Å². The van der Waals surface area contributed by atoms with E-state index in [-0.39, 0.29) is 5.91 Å². The molecule has 2 aromatic rings. The summed E-state index contributed by atoms with van der Waals surface area (Å²) in [4.78, 5) is 13.1. The standard InChI is InChI=1S/C16H17ClN2OS/c1-11(20)19-13-4-6-14(7-5-13)21-16-8-3-12(10-18-2)9-15(16)17/h3-9,18H,10H2,1-2H3,(H,19,20). The van der Waals surface area contributed by atoms with Crippen LogP contribution in [0.4, 0.5) is 5.69 Å². The van der Waals surface area contributed by atoms with Crippen LogP contribution in [0.15, 0.2) is 52.3 Å². The Hall–Kier alpha value is -1.49. The lowest BCUT2D eigenvalue weighted by atomic mass is 10.2. The number of hydrogen-bond acceptors (Lipinski definition) is 3. The Kier molecular flexibility index (Phi) is 5.67. The Labute approximate surface area is 134 Å². The first-order valence-electron chi connectivity index (χ1n) is 6.57. The topological polar surface area (TPSA) is 41.1 Å². The highest BCUT2D eigenvalue weighted by molar-refractivity contribution is 7.99. The molecule has 0 aliphatic carbocycles. The van der Waals surface area contributed by atoms with E-state index in [9.17, 15) is 4.79 Å². The maximum Gasteiger partial charge on any atom is 0.221 e. The highest BCUT2D eigenvalue weighted by atomic mass is 35.5. The molecule has 2 aromatic carbocycles. The predicted molar refractivity (Wildman–Crippen MR) is 89.1 cm³/mol. The van der Waals surface area contributed by atoms with E-state index in [0.29, 0.717) is 0 Å². The van der Waals surface area contributed by atoms with Gasteiger partial charge in [0.2, 0.25) is 5.91 Å². The molecule has 0 atom stereocenters. The number of amides is 1. The third kappa shape index (κ3) is 4.77. The van der Waals surface area contributed by atoms with Crippen LogP contribution in [0.5, 0.6) is 0 Å². The number of hydrogen-bond donors (Lipinski definition) is 2. The minimum absolute atomic E-state index is 0.0708. The highest BCUT2D eigenvalue weighted by Crippen LogP contribution is 2.34. The van der Waals surface area contributed by atoms with E-state index < -0.39 is 0 Å². The predicted octanol–water partition coefficient (Wildman–Crippen LogP) is 4.17. The minimum atomic E-state index is -0.0708. The Morgan fingerprint density at radius 2 is 1.90 bits per heavy atom. The lowest BCUT2D eigenvalue weighted by molar-refractivity contribution is -0.114. The van der Waals surface area contributed by atoms with Gasteiger partial charge in [-0.05, 0) is 49.0 Å². The number of rotatable bonds is 5.